The van der Waals surface area contributed by atoms with Gasteiger partial charge in [0.1, 0.15) is 0 Å². The second kappa shape index (κ2) is 7.11. The van der Waals surface area contributed by atoms with Crippen molar-refractivity contribution in [1.29, 1.82) is 0 Å². The van der Waals surface area contributed by atoms with Crippen LogP contribution in [0.15, 0.2) is 85.1 Å². The first-order chi connectivity index (χ1) is 12.4. The van der Waals surface area contributed by atoms with Crippen LogP contribution >= 0.6 is 0 Å². The van der Waals surface area contributed by atoms with Gasteiger partial charge in [0.05, 0.1) is 0 Å². The number of hydrogen-bond donors (Lipinski definition) is 1. The highest BCUT2D eigenvalue weighted by Gasteiger charge is 2.00. The van der Waals surface area contributed by atoms with Crippen molar-refractivity contribution < 1.29 is 0 Å². The number of rotatable bonds is 3. The number of aromatic amines is 1. The van der Waals surface area contributed by atoms with Crippen LogP contribution in [0.1, 0.15) is 22.4 Å². The molecule has 0 saturated carbocycles. The van der Waals surface area contributed by atoms with E-state index < -0.39 is 0 Å². The first-order valence-corrected chi connectivity index (χ1v) is 8.54. The predicted octanol–water partition coefficient (Wildman–Crippen LogP) is 5.35. The van der Waals surface area contributed by atoms with E-state index in [9.17, 15) is 0 Å². The predicted molar refractivity (Wildman–Crippen MR) is 105 cm³/mol. The molecule has 120 valence electrons. The summed E-state index contributed by atoms with van der Waals surface area (Å²) in [5, 5.41) is 2.51. The Bertz CT molecular complexity index is 1030. The average molecular weight is 321 g/mol. The molecule has 0 fully saturated rings. The molecular formula is C24H19N. The molecular weight excluding hydrogens is 302 g/mol. The molecule has 1 N–H and O–H groups in total. The zero-order valence-corrected chi connectivity index (χ0v) is 14.0. The molecule has 1 heteroatoms. The molecule has 1 heterocycles. The molecule has 0 radical (unpaired) electrons. The summed E-state index contributed by atoms with van der Waals surface area (Å²) in [5.74, 6) is 6.52. The first-order valence-electron chi connectivity index (χ1n) is 8.54. The topological polar surface area (TPSA) is 15.8 Å². The van der Waals surface area contributed by atoms with Gasteiger partial charge in [0.2, 0.25) is 0 Å². The number of nitrogens with one attached hydrogen (secondary N) is 1. The Morgan fingerprint density at radius 1 is 0.720 bits per heavy atom. The maximum Gasteiger partial charge on any atom is 0.0495 e. The van der Waals surface area contributed by atoms with E-state index in [2.05, 4.69) is 89.6 Å². The molecule has 0 spiro atoms. The third-order valence-corrected chi connectivity index (χ3v) is 4.33. The van der Waals surface area contributed by atoms with Crippen molar-refractivity contribution in [2.24, 2.45) is 0 Å². The lowest BCUT2D eigenvalue weighted by Gasteiger charge is -2.05. The molecule has 0 amide bonds. The van der Waals surface area contributed by atoms with Crippen LogP contribution in [-0.2, 0) is 12.8 Å². The van der Waals surface area contributed by atoms with Crippen molar-refractivity contribution in [3.63, 3.8) is 0 Å². The van der Waals surface area contributed by atoms with E-state index in [0.29, 0.717) is 0 Å². The maximum atomic E-state index is 3.27. The summed E-state index contributed by atoms with van der Waals surface area (Å²) in [7, 11) is 0. The quantitative estimate of drug-likeness (QED) is 0.489. The van der Waals surface area contributed by atoms with E-state index in [0.717, 1.165) is 24.1 Å². The van der Waals surface area contributed by atoms with Gasteiger partial charge >= 0.3 is 0 Å². The van der Waals surface area contributed by atoms with Gasteiger partial charge in [-0.3, -0.25) is 0 Å². The summed E-state index contributed by atoms with van der Waals surface area (Å²) < 4.78 is 0. The van der Waals surface area contributed by atoms with E-state index in [1.165, 1.54) is 21.9 Å². The molecule has 0 aliphatic carbocycles. The Morgan fingerprint density at radius 2 is 1.60 bits per heavy atom. The molecule has 4 rings (SSSR count). The number of benzene rings is 3. The van der Waals surface area contributed by atoms with Crippen LogP contribution in [0.2, 0.25) is 0 Å². The molecule has 4 aromatic rings. The molecule has 0 unspecified atom stereocenters. The third-order valence-electron chi connectivity index (χ3n) is 4.33. The molecule has 1 aromatic heterocycles. The van der Waals surface area contributed by atoms with Crippen molar-refractivity contribution >= 4 is 10.8 Å². The largest absolute Gasteiger partial charge is 0.364 e. The second-order valence-electron chi connectivity index (χ2n) is 6.23. The average Bonchev–Trinajstić information content (AvgIpc) is 3.16. The smallest absolute Gasteiger partial charge is 0.0495 e. The van der Waals surface area contributed by atoms with Crippen LogP contribution < -0.4 is 0 Å². The Labute approximate surface area is 148 Å². The van der Waals surface area contributed by atoms with Crippen molar-refractivity contribution in [1.82, 2.24) is 4.98 Å². The van der Waals surface area contributed by atoms with Crippen LogP contribution in [0, 0.1) is 11.8 Å². The van der Waals surface area contributed by atoms with Crippen molar-refractivity contribution in [3.05, 3.63) is 107 Å². The summed E-state index contributed by atoms with van der Waals surface area (Å²) in [6.45, 7) is 0. The summed E-state index contributed by atoms with van der Waals surface area (Å²) in [5.41, 5.74) is 4.88. The Kier molecular flexibility index (Phi) is 4.35. The lowest BCUT2D eigenvalue weighted by Crippen LogP contribution is -1.88. The fraction of sp³-hybridized carbons (Fsp3) is 0.0833. The molecule has 0 aliphatic heterocycles. The third kappa shape index (κ3) is 3.82. The summed E-state index contributed by atoms with van der Waals surface area (Å²) in [6, 6.07) is 27.8. The molecule has 1 nitrogen and oxygen atoms in total. The monoisotopic (exact) mass is 321 g/mol. The highest BCUT2D eigenvalue weighted by molar-refractivity contribution is 5.84. The van der Waals surface area contributed by atoms with E-state index in [1.807, 2.05) is 12.3 Å². The molecule has 0 atom stereocenters. The first kappa shape index (κ1) is 15.3. The summed E-state index contributed by atoms with van der Waals surface area (Å²) in [6.07, 6.45) is 3.64. The normalized spacial score (nSPS) is 10.4. The SMILES string of the molecule is C(#Cc1ccc2ccc(Cc3ccccc3)cc2c1)Cc1ccc[nH]1. The van der Waals surface area contributed by atoms with Crippen molar-refractivity contribution in [2.45, 2.75) is 12.8 Å². The lowest BCUT2D eigenvalue weighted by molar-refractivity contribution is 1.18. The van der Waals surface area contributed by atoms with Crippen LogP contribution in [-0.4, -0.2) is 4.98 Å². The van der Waals surface area contributed by atoms with Crippen LogP contribution in [0.4, 0.5) is 0 Å². The Hall–Kier alpha value is -3.24. The molecule has 25 heavy (non-hydrogen) atoms. The zero-order chi connectivity index (χ0) is 16.9. The number of hydrogen-bond acceptors (Lipinski definition) is 0. The van der Waals surface area contributed by atoms with Crippen molar-refractivity contribution in [2.75, 3.05) is 0 Å². The summed E-state index contributed by atoms with van der Waals surface area (Å²) in [4.78, 5) is 3.18. The van der Waals surface area contributed by atoms with E-state index in [4.69, 9.17) is 0 Å². The minimum absolute atomic E-state index is 0.749. The van der Waals surface area contributed by atoms with Crippen molar-refractivity contribution in [3.8, 4) is 11.8 Å². The number of fused-ring (bicyclic) bond motifs is 1. The minimum Gasteiger partial charge on any atom is -0.364 e. The van der Waals surface area contributed by atoms with Gasteiger partial charge in [0, 0.05) is 23.9 Å². The Morgan fingerprint density at radius 3 is 2.44 bits per heavy atom. The highest BCUT2D eigenvalue weighted by atomic mass is 14.7. The van der Waals surface area contributed by atoms with Crippen LogP contribution in [0.5, 0.6) is 0 Å². The van der Waals surface area contributed by atoms with Crippen LogP contribution in [0.3, 0.4) is 0 Å². The lowest BCUT2D eigenvalue weighted by atomic mass is 10.00. The maximum absolute atomic E-state index is 3.27. The second-order valence-corrected chi connectivity index (χ2v) is 6.23. The molecule has 0 saturated heterocycles. The fourth-order valence-electron chi connectivity index (χ4n) is 3.03. The van der Waals surface area contributed by atoms with Gasteiger partial charge in [-0.1, -0.05) is 66.4 Å². The van der Waals surface area contributed by atoms with Gasteiger partial charge in [-0.25, -0.2) is 0 Å². The molecule has 0 aliphatic rings. The van der Waals surface area contributed by atoms with Gasteiger partial charge in [0.15, 0.2) is 0 Å². The fourth-order valence-corrected chi connectivity index (χ4v) is 3.03. The standard InChI is InChI=1S/C24H19N/c1-2-6-19(7-3-1)16-21-12-14-22-13-11-20(17-23(22)18-21)8-4-9-24-10-5-15-25-24/h1-3,5-7,10-15,17-18,25H,9,16H2. The van der Waals surface area contributed by atoms with Gasteiger partial charge in [-0.2, -0.15) is 0 Å². The van der Waals surface area contributed by atoms with E-state index in [-0.39, 0.29) is 0 Å². The molecule has 3 aromatic carbocycles. The van der Waals surface area contributed by atoms with Crippen LogP contribution in [0.25, 0.3) is 10.8 Å². The van der Waals surface area contributed by atoms with E-state index in [1.54, 1.807) is 0 Å². The van der Waals surface area contributed by atoms with Gasteiger partial charge in [0.25, 0.3) is 0 Å². The van der Waals surface area contributed by atoms with Gasteiger partial charge < -0.3 is 4.98 Å². The Balaban J connectivity index is 1.57. The van der Waals surface area contributed by atoms with Gasteiger partial charge in [-0.05, 0) is 52.6 Å². The molecule has 0 bridgehead atoms. The van der Waals surface area contributed by atoms with E-state index >= 15 is 0 Å². The number of H-pyrrole nitrogens is 1. The zero-order valence-electron chi connectivity index (χ0n) is 14.0. The van der Waals surface area contributed by atoms with Gasteiger partial charge in [-0.15, -0.1) is 0 Å². The highest BCUT2D eigenvalue weighted by Crippen LogP contribution is 2.19. The number of aromatic nitrogens is 1. The minimum atomic E-state index is 0.749. The summed E-state index contributed by atoms with van der Waals surface area (Å²) >= 11 is 0.